The van der Waals surface area contributed by atoms with E-state index in [2.05, 4.69) is 45.9 Å². The van der Waals surface area contributed by atoms with Crippen molar-refractivity contribution < 1.29 is 4.79 Å². The molecule has 0 saturated carbocycles. The second-order valence-corrected chi connectivity index (χ2v) is 5.96. The summed E-state index contributed by atoms with van der Waals surface area (Å²) < 4.78 is 0. The van der Waals surface area contributed by atoms with Crippen LogP contribution in [0.5, 0.6) is 0 Å². The zero-order valence-corrected chi connectivity index (χ0v) is 14.5. The molecule has 0 saturated heterocycles. The van der Waals surface area contributed by atoms with Crippen molar-refractivity contribution in [1.29, 1.82) is 0 Å². The lowest BCUT2D eigenvalue weighted by molar-refractivity contribution is -0.118. The first kappa shape index (κ1) is 19.9. The van der Waals surface area contributed by atoms with E-state index in [9.17, 15) is 4.79 Å². The quantitative estimate of drug-likeness (QED) is 0.737. The van der Waals surface area contributed by atoms with Gasteiger partial charge in [-0.1, -0.05) is 62.4 Å². The number of benzene rings is 1. The molecule has 0 aliphatic carbocycles. The average molecular weight is 291 g/mol. The Balaban J connectivity index is 0.000000885. The largest absolute Gasteiger partial charge is 0.322 e. The molecule has 2 N–H and O–H groups in total. The standard InChI is InChI=1S/C15H23NO.C4H10/c1-11-8-12(2)10-14(9-11)6-4-5-7-15(16)13(3)17;1-3-4-2/h8-10,15H,4-7,16H2,1-3H3;3-4H2,1-2H3. The lowest BCUT2D eigenvalue weighted by Gasteiger charge is -2.08. The molecule has 2 nitrogen and oxygen atoms in total. The van der Waals surface area contributed by atoms with E-state index in [1.807, 2.05) is 0 Å². The van der Waals surface area contributed by atoms with E-state index >= 15 is 0 Å². The lowest BCUT2D eigenvalue weighted by atomic mass is 10.0. The van der Waals surface area contributed by atoms with Gasteiger partial charge in [-0.2, -0.15) is 0 Å². The molecule has 2 heteroatoms. The molecule has 0 aliphatic heterocycles. The van der Waals surface area contributed by atoms with Gasteiger partial charge in [-0.05, 0) is 45.6 Å². The Labute approximate surface area is 131 Å². The predicted molar refractivity (Wildman–Crippen MR) is 92.7 cm³/mol. The van der Waals surface area contributed by atoms with Gasteiger partial charge in [0.25, 0.3) is 0 Å². The molecule has 0 spiro atoms. The van der Waals surface area contributed by atoms with Crippen LogP contribution < -0.4 is 5.73 Å². The Morgan fingerprint density at radius 3 is 2.00 bits per heavy atom. The van der Waals surface area contributed by atoms with Crippen LogP contribution in [0.2, 0.25) is 0 Å². The third-order valence-electron chi connectivity index (χ3n) is 3.53. The molecule has 120 valence electrons. The Morgan fingerprint density at radius 2 is 1.57 bits per heavy atom. The van der Waals surface area contributed by atoms with Gasteiger partial charge in [-0.15, -0.1) is 0 Å². The second-order valence-electron chi connectivity index (χ2n) is 5.96. The van der Waals surface area contributed by atoms with Crippen LogP contribution in [0.1, 0.15) is 69.6 Å². The van der Waals surface area contributed by atoms with E-state index in [4.69, 9.17) is 5.73 Å². The number of hydrogen-bond acceptors (Lipinski definition) is 2. The molecule has 0 aromatic heterocycles. The molecule has 0 aliphatic rings. The van der Waals surface area contributed by atoms with Gasteiger partial charge in [0.1, 0.15) is 5.78 Å². The summed E-state index contributed by atoms with van der Waals surface area (Å²) in [5, 5.41) is 0. The van der Waals surface area contributed by atoms with Crippen LogP contribution in [-0.2, 0) is 11.2 Å². The van der Waals surface area contributed by atoms with Crippen LogP contribution in [-0.4, -0.2) is 11.8 Å². The highest BCUT2D eigenvalue weighted by atomic mass is 16.1. The van der Waals surface area contributed by atoms with Gasteiger partial charge in [-0.25, -0.2) is 0 Å². The smallest absolute Gasteiger partial charge is 0.146 e. The highest BCUT2D eigenvalue weighted by molar-refractivity contribution is 5.80. The topological polar surface area (TPSA) is 43.1 Å². The van der Waals surface area contributed by atoms with Crippen LogP contribution in [0, 0.1) is 13.8 Å². The van der Waals surface area contributed by atoms with E-state index in [0.717, 1.165) is 25.7 Å². The molecule has 0 heterocycles. The van der Waals surface area contributed by atoms with E-state index in [1.54, 1.807) is 6.92 Å². The SMILES string of the molecule is CC(=O)C(N)CCCCc1cc(C)cc(C)c1.CCCC. The summed E-state index contributed by atoms with van der Waals surface area (Å²) in [4.78, 5) is 11.0. The maximum absolute atomic E-state index is 11.0. The zero-order valence-electron chi connectivity index (χ0n) is 14.5. The van der Waals surface area contributed by atoms with Gasteiger partial charge >= 0.3 is 0 Å². The molecular formula is C19H33NO. The van der Waals surface area contributed by atoms with Crippen molar-refractivity contribution in [2.75, 3.05) is 0 Å². The predicted octanol–water partition coefficient (Wildman–Crippen LogP) is 4.74. The molecule has 1 rings (SSSR count). The van der Waals surface area contributed by atoms with E-state index in [1.165, 1.54) is 29.5 Å². The first-order valence-electron chi connectivity index (χ1n) is 8.23. The van der Waals surface area contributed by atoms with Gasteiger partial charge in [0.05, 0.1) is 6.04 Å². The van der Waals surface area contributed by atoms with Crippen molar-refractivity contribution in [2.24, 2.45) is 5.73 Å². The Bertz CT molecular complexity index is 390. The van der Waals surface area contributed by atoms with E-state index < -0.39 is 0 Å². The normalized spacial score (nSPS) is 11.5. The first-order chi connectivity index (χ1) is 9.90. The number of aryl methyl sites for hydroxylation is 3. The summed E-state index contributed by atoms with van der Waals surface area (Å²) in [6.07, 6.45) is 6.64. The number of ketones is 1. The van der Waals surface area contributed by atoms with Crippen molar-refractivity contribution in [3.05, 3.63) is 34.9 Å². The number of unbranched alkanes of at least 4 members (excludes halogenated alkanes) is 2. The highest BCUT2D eigenvalue weighted by Gasteiger charge is 2.06. The van der Waals surface area contributed by atoms with Crippen LogP contribution in [0.25, 0.3) is 0 Å². The summed E-state index contributed by atoms with van der Waals surface area (Å²) in [6.45, 7) is 10.2. The lowest BCUT2D eigenvalue weighted by Crippen LogP contribution is -2.27. The number of hydrogen-bond donors (Lipinski definition) is 1. The van der Waals surface area contributed by atoms with Crippen LogP contribution >= 0.6 is 0 Å². The Kier molecular flexibility index (Phi) is 10.9. The molecule has 1 unspecified atom stereocenters. The molecule has 1 aromatic carbocycles. The fourth-order valence-electron chi connectivity index (χ4n) is 2.11. The van der Waals surface area contributed by atoms with E-state index in [0.29, 0.717) is 0 Å². The van der Waals surface area contributed by atoms with Crippen molar-refractivity contribution in [3.8, 4) is 0 Å². The second kappa shape index (κ2) is 11.5. The number of carbonyl (C=O) groups excluding carboxylic acids is 1. The molecule has 1 atom stereocenters. The third kappa shape index (κ3) is 10.3. The summed E-state index contributed by atoms with van der Waals surface area (Å²) in [5.41, 5.74) is 9.72. The summed E-state index contributed by atoms with van der Waals surface area (Å²) in [5.74, 6) is 0.0939. The molecule has 0 amide bonds. The van der Waals surface area contributed by atoms with Gasteiger partial charge in [-0.3, -0.25) is 4.79 Å². The minimum Gasteiger partial charge on any atom is -0.322 e. The number of carbonyl (C=O) groups is 1. The molecule has 1 aromatic rings. The van der Waals surface area contributed by atoms with Gasteiger partial charge in [0.15, 0.2) is 0 Å². The van der Waals surface area contributed by atoms with Crippen molar-refractivity contribution in [1.82, 2.24) is 0 Å². The van der Waals surface area contributed by atoms with E-state index in [-0.39, 0.29) is 11.8 Å². The molecule has 0 bridgehead atoms. The minimum absolute atomic E-state index is 0.0939. The molecular weight excluding hydrogens is 258 g/mol. The van der Waals surface area contributed by atoms with Crippen LogP contribution in [0.4, 0.5) is 0 Å². The Hall–Kier alpha value is -1.15. The van der Waals surface area contributed by atoms with Crippen molar-refractivity contribution in [3.63, 3.8) is 0 Å². The van der Waals surface area contributed by atoms with Crippen molar-refractivity contribution >= 4 is 5.78 Å². The Morgan fingerprint density at radius 1 is 1.05 bits per heavy atom. The van der Waals surface area contributed by atoms with Gasteiger partial charge < -0.3 is 5.73 Å². The van der Waals surface area contributed by atoms with Gasteiger partial charge in [0.2, 0.25) is 0 Å². The zero-order chi connectivity index (χ0) is 16.3. The third-order valence-corrected chi connectivity index (χ3v) is 3.53. The highest BCUT2D eigenvalue weighted by Crippen LogP contribution is 2.12. The number of Topliss-reactive ketones (excluding diaryl/α,β-unsaturated/α-hetero) is 1. The van der Waals surface area contributed by atoms with Crippen LogP contribution in [0.15, 0.2) is 18.2 Å². The minimum atomic E-state index is -0.269. The molecule has 0 radical (unpaired) electrons. The fraction of sp³-hybridized carbons (Fsp3) is 0.632. The summed E-state index contributed by atoms with van der Waals surface area (Å²) >= 11 is 0. The monoisotopic (exact) mass is 291 g/mol. The maximum Gasteiger partial charge on any atom is 0.146 e. The maximum atomic E-state index is 11.0. The van der Waals surface area contributed by atoms with Crippen LogP contribution in [0.3, 0.4) is 0 Å². The fourth-order valence-corrected chi connectivity index (χ4v) is 2.11. The molecule has 21 heavy (non-hydrogen) atoms. The summed E-state index contributed by atoms with van der Waals surface area (Å²) in [7, 11) is 0. The molecule has 0 fully saturated rings. The number of rotatable bonds is 7. The number of nitrogens with two attached hydrogens (primary N) is 1. The van der Waals surface area contributed by atoms with Gasteiger partial charge in [0, 0.05) is 0 Å². The average Bonchev–Trinajstić information content (AvgIpc) is 2.42. The summed E-state index contributed by atoms with van der Waals surface area (Å²) in [6, 6.07) is 6.39. The van der Waals surface area contributed by atoms with Crippen molar-refractivity contribution in [2.45, 2.75) is 79.2 Å². The first-order valence-corrected chi connectivity index (χ1v) is 8.23.